The van der Waals surface area contributed by atoms with E-state index in [0.29, 0.717) is 22.6 Å². The molecule has 2 nitrogen and oxygen atoms in total. The van der Waals surface area contributed by atoms with E-state index in [4.69, 9.17) is 35.4 Å². The Kier molecular flexibility index (Phi) is 8.44. The summed E-state index contributed by atoms with van der Waals surface area (Å²) in [6.45, 7) is 1.40. The molecule has 2 aromatic carbocycles. The van der Waals surface area contributed by atoms with Crippen molar-refractivity contribution in [3.63, 3.8) is 0 Å². The van der Waals surface area contributed by atoms with Crippen molar-refractivity contribution in [2.75, 3.05) is 0 Å². The van der Waals surface area contributed by atoms with Gasteiger partial charge in [0.05, 0.1) is 0 Å². The van der Waals surface area contributed by atoms with Gasteiger partial charge in [0.25, 0.3) is 0 Å². The van der Waals surface area contributed by atoms with Crippen molar-refractivity contribution in [3.8, 4) is 0 Å². The van der Waals surface area contributed by atoms with E-state index >= 15 is 0 Å². The van der Waals surface area contributed by atoms with E-state index in [2.05, 4.69) is 34.5 Å². The maximum atomic E-state index is 6.44. The molecule has 0 unspecified atom stereocenters. The van der Waals surface area contributed by atoms with Crippen LogP contribution in [0.1, 0.15) is 56.1 Å². The molecule has 150 valence electrons. The fourth-order valence-corrected chi connectivity index (χ4v) is 4.49. The summed E-state index contributed by atoms with van der Waals surface area (Å²) in [4.78, 5) is 2.21. The highest BCUT2D eigenvalue weighted by molar-refractivity contribution is 7.80. The maximum Gasteiger partial charge on any atom is 0.169 e. The largest absolute Gasteiger partial charge is 0.360 e. The van der Waals surface area contributed by atoms with Crippen LogP contribution in [0.3, 0.4) is 0 Å². The molecule has 0 bridgehead atoms. The van der Waals surface area contributed by atoms with Crippen LogP contribution in [-0.2, 0) is 13.1 Å². The molecule has 0 atom stereocenters. The Bertz CT molecular complexity index is 758. The summed E-state index contributed by atoms with van der Waals surface area (Å²) < 4.78 is 0. The fourth-order valence-electron chi connectivity index (χ4n) is 3.73. The van der Waals surface area contributed by atoms with Crippen molar-refractivity contribution >= 4 is 40.5 Å². The van der Waals surface area contributed by atoms with E-state index in [0.717, 1.165) is 17.2 Å². The molecule has 1 aliphatic rings. The Morgan fingerprint density at radius 3 is 2.29 bits per heavy atom. The summed E-state index contributed by atoms with van der Waals surface area (Å²) in [7, 11) is 0. The van der Waals surface area contributed by atoms with Gasteiger partial charge in [-0.05, 0) is 48.3 Å². The number of hydrogen-bond donors (Lipinski definition) is 1. The smallest absolute Gasteiger partial charge is 0.169 e. The SMILES string of the molecule is S=C(NC1CCCCCCC1)N(Cc1ccccc1)Cc1ccc(Cl)cc1Cl. The highest BCUT2D eigenvalue weighted by Gasteiger charge is 2.18. The first-order valence-electron chi connectivity index (χ1n) is 10.1. The van der Waals surface area contributed by atoms with Crippen molar-refractivity contribution in [2.24, 2.45) is 0 Å². The molecule has 2 aromatic rings. The first kappa shape index (κ1) is 21.4. The number of hydrogen-bond acceptors (Lipinski definition) is 1. The summed E-state index contributed by atoms with van der Waals surface area (Å²) in [6, 6.07) is 16.6. The molecule has 0 spiro atoms. The molecule has 28 heavy (non-hydrogen) atoms. The normalized spacial score (nSPS) is 15.5. The summed E-state index contributed by atoms with van der Waals surface area (Å²) in [5.74, 6) is 0. The van der Waals surface area contributed by atoms with Gasteiger partial charge in [-0.25, -0.2) is 0 Å². The molecule has 1 fully saturated rings. The van der Waals surface area contributed by atoms with Crippen LogP contribution in [0.15, 0.2) is 48.5 Å². The van der Waals surface area contributed by atoms with Crippen LogP contribution >= 0.6 is 35.4 Å². The predicted octanol–water partition coefficient (Wildman–Crippen LogP) is 6.98. The molecule has 0 amide bonds. The van der Waals surface area contributed by atoms with Crippen molar-refractivity contribution in [3.05, 3.63) is 69.7 Å². The van der Waals surface area contributed by atoms with Crippen LogP contribution in [0.4, 0.5) is 0 Å². The lowest BCUT2D eigenvalue weighted by Gasteiger charge is -2.30. The Morgan fingerprint density at radius 1 is 0.929 bits per heavy atom. The molecular weight excluding hydrogens is 407 g/mol. The third kappa shape index (κ3) is 6.65. The van der Waals surface area contributed by atoms with Crippen LogP contribution in [-0.4, -0.2) is 16.1 Å². The van der Waals surface area contributed by atoms with E-state index < -0.39 is 0 Å². The Balaban J connectivity index is 1.73. The van der Waals surface area contributed by atoms with Crippen LogP contribution in [0.2, 0.25) is 10.0 Å². The number of rotatable bonds is 5. The number of nitrogens with one attached hydrogen (secondary N) is 1. The first-order chi connectivity index (χ1) is 13.6. The summed E-state index contributed by atoms with van der Waals surface area (Å²) in [5, 5.41) is 5.78. The van der Waals surface area contributed by atoms with E-state index in [9.17, 15) is 0 Å². The van der Waals surface area contributed by atoms with Gasteiger partial charge >= 0.3 is 0 Å². The Labute approximate surface area is 184 Å². The number of thiocarbonyl (C=S) groups is 1. The average molecular weight is 435 g/mol. The predicted molar refractivity (Wildman–Crippen MR) is 124 cm³/mol. The van der Waals surface area contributed by atoms with Crippen molar-refractivity contribution in [2.45, 2.75) is 64.1 Å². The minimum absolute atomic E-state index is 0.465. The molecule has 0 heterocycles. The van der Waals surface area contributed by atoms with Gasteiger partial charge in [0, 0.05) is 29.2 Å². The number of halogens is 2. The lowest BCUT2D eigenvalue weighted by Crippen LogP contribution is -2.44. The quantitative estimate of drug-likeness (QED) is 0.510. The highest BCUT2D eigenvalue weighted by Crippen LogP contribution is 2.24. The molecule has 1 N–H and O–H groups in total. The van der Waals surface area contributed by atoms with E-state index in [1.807, 2.05) is 18.2 Å². The third-order valence-electron chi connectivity index (χ3n) is 5.31. The molecule has 1 saturated carbocycles. The lowest BCUT2D eigenvalue weighted by molar-refractivity contribution is 0.370. The number of nitrogens with zero attached hydrogens (tertiary/aromatic N) is 1. The fraction of sp³-hybridized carbons (Fsp3) is 0.435. The Hall–Kier alpha value is -1.29. The molecular formula is C23H28Cl2N2S. The zero-order chi connectivity index (χ0) is 19.8. The van der Waals surface area contributed by atoms with Crippen molar-refractivity contribution < 1.29 is 0 Å². The minimum Gasteiger partial charge on any atom is -0.360 e. The molecule has 0 aliphatic heterocycles. The van der Waals surface area contributed by atoms with Crippen LogP contribution in [0.25, 0.3) is 0 Å². The topological polar surface area (TPSA) is 15.3 Å². The summed E-state index contributed by atoms with van der Waals surface area (Å²) >= 11 is 18.4. The number of benzene rings is 2. The van der Waals surface area contributed by atoms with Gasteiger partial charge in [-0.1, -0.05) is 91.7 Å². The van der Waals surface area contributed by atoms with Gasteiger partial charge in [-0.3, -0.25) is 0 Å². The standard InChI is InChI=1S/C23H28Cl2N2S/c24-20-14-13-19(22(25)15-20)17-27(16-18-9-5-4-6-10-18)23(28)26-21-11-7-2-1-3-8-12-21/h4-6,9-10,13-15,21H,1-3,7-8,11-12,16-17H2,(H,26,28). The molecule has 1 aliphatic carbocycles. The van der Waals surface area contributed by atoms with E-state index in [-0.39, 0.29) is 0 Å². The Morgan fingerprint density at radius 2 is 1.61 bits per heavy atom. The molecule has 0 saturated heterocycles. The second-order valence-electron chi connectivity index (χ2n) is 7.57. The van der Waals surface area contributed by atoms with Gasteiger partial charge in [-0.2, -0.15) is 0 Å². The average Bonchev–Trinajstić information content (AvgIpc) is 2.66. The second-order valence-corrected chi connectivity index (χ2v) is 8.80. The summed E-state index contributed by atoms with van der Waals surface area (Å²) in [5.41, 5.74) is 2.26. The molecule has 0 aromatic heterocycles. The molecule has 5 heteroatoms. The van der Waals surface area contributed by atoms with Gasteiger partial charge in [0.2, 0.25) is 0 Å². The van der Waals surface area contributed by atoms with Crippen molar-refractivity contribution in [1.29, 1.82) is 0 Å². The lowest BCUT2D eigenvalue weighted by atomic mass is 9.97. The first-order valence-corrected chi connectivity index (χ1v) is 11.3. The zero-order valence-electron chi connectivity index (χ0n) is 16.2. The van der Waals surface area contributed by atoms with E-state index in [1.165, 1.54) is 50.5 Å². The summed E-state index contributed by atoms with van der Waals surface area (Å²) in [6.07, 6.45) is 8.98. The van der Waals surface area contributed by atoms with Crippen molar-refractivity contribution in [1.82, 2.24) is 10.2 Å². The van der Waals surface area contributed by atoms with Crippen LogP contribution in [0, 0.1) is 0 Å². The van der Waals surface area contributed by atoms with Gasteiger partial charge in [0.1, 0.15) is 0 Å². The second kappa shape index (κ2) is 11.0. The minimum atomic E-state index is 0.465. The van der Waals surface area contributed by atoms with Gasteiger partial charge < -0.3 is 10.2 Å². The monoisotopic (exact) mass is 434 g/mol. The van der Waals surface area contributed by atoms with Gasteiger partial charge in [0.15, 0.2) is 5.11 Å². The van der Waals surface area contributed by atoms with Gasteiger partial charge in [-0.15, -0.1) is 0 Å². The van der Waals surface area contributed by atoms with E-state index in [1.54, 1.807) is 6.07 Å². The zero-order valence-corrected chi connectivity index (χ0v) is 18.5. The maximum absolute atomic E-state index is 6.44. The van der Waals surface area contributed by atoms with Crippen LogP contribution < -0.4 is 5.32 Å². The molecule has 0 radical (unpaired) electrons. The third-order valence-corrected chi connectivity index (χ3v) is 6.28. The highest BCUT2D eigenvalue weighted by atomic mass is 35.5. The van der Waals surface area contributed by atoms with Crippen LogP contribution in [0.5, 0.6) is 0 Å². The molecule has 3 rings (SSSR count).